The van der Waals surface area contributed by atoms with Gasteiger partial charge in [-0.05, 0) is 44.6 Å². The van der Waals surface area contributed by atoms with Crippen molar-refractivity contribution in [2.45, 2.75) is 86.4 Å². The van der Waals surface area contributed by atoms with Crippen LogP contribution in [0, 0.1) is 11.8 Å². The number of rotatable bonds is 10. The van der Waals surface area contributed by atoms with E-state index in [2.05, 4.69) is 6.58 Å². The van der Waals surface area contributed by atoms with E-state index >= 15 is 0 Å². The van der Waals surface area contributed by atoms with Gasteiger partial charge in [0.25, 0.3) is 0 Å². The number of nitrogens with zero attached hydrogens (tertiary/aromatic N) is 2. The van der Waals surface area contributed by atoms with E-state index in [-0.39, 0.29) is 42.3 Å². The van der Waals surface area contributed by atoms with E-state index in [0.29, 0.717) is 19.4 Å². The first-order chi connectivity index (χ1) is 18.5. The third-order valence-electron chi connectivity index (χ3n) is 9.07. The number of aliphatic hydroxyl groups is 1. The highest BCUT2D eigenvalue weighted by Gasteiger charge is 2.74. The fourth-order valence-corrected chi connectivity index (χ4v) is 9.70. The molecule has 4 aliphatic rings. The van der Waals surface area contributed by atoms with Crippen LogP contribution in [0.3, 0.4) is 0 Å². The fourth-order valence-electron chi connectivity index (χ4n) is 7.51. The van der Waals surface area contributed by atoms with Gasteiger partial charge in [-0.3, -0.25) is 14.4 Å². The molecule has 2 bridgehead atoms. The Morgan fingerprint density at radius 2 is 1.97 bits per heavy atom. The molecule has 3 heterocycles. The molecule has 0 aromatic heterocycles. The largest absolute Gasteiger partial charge is 0.466 e. The van der Waals surface area contributed by atoms with Gasteiger partial charge in [0.15, 0.2) is 0 Å². The lowest BCUT2D eigenvalue weighted by Gasteiger charge is -2.42. The first-order valence-electron chi connectivity index (χ1n) is 14.2. The number of hydrogen-bond donors (Lipinski definition) is 1. The average Bonchev–Trinajstić information content (AvgIpc) is 3.58. The van der Waals surface area contributed by atoms with Crippen molar-refractivity contribution in [2.24, 2.45) is 11.8 Å². The van der Waals surface area contributed by atoms with Gasteiger partial charge < -0.3 is 19.6 Å². The molecule has 6 atom stereocenters. The third-order valence-corrected chi connectivity index (χ3v) is 11.0. The lowest BCUT2D eigenvalue weighted by molar-refractivity contribution is -0.154. The molecule has 7 nitrogen and oxygen atoms in total. The van der Waals surface area contributed by atoms with Crippen LogP contribution >= 0.6 is 11.8 Å². The van der Waals surface area contributed by atoms with Crippen LogP contribution in [0.1, 0.15) is 57.4 Å². The van der Waals surface area contributed by atoms with Crippen molar-refractivity contribution < 1.29 is 24.2 Å². The number of aliphatic hydroxyl groups excluding tert-OH is 1. The molecular formula is C30H40N2O5S. The van der Waals surface area contributed by atoms with E-state index in [1.807, 2.05) is 35.2 Å². The van der Waals surface area contributed by atoms with Crippen LogP contribution in [0.25, 0.3) is 0 Å². The van der Waals surface area contributed by atoms with Gasteiger partial charge in [-0.2, -0.15) is 0 Å². The number of likely N-dealkylation sites (tertiary alicyclic amines) is 1. The highest BCUT2D eigenvalue weighted by Crippen LogP contribution is 2.67. The molecular weight excluding hydrogens is 500 g/mol. The molecule has 4 fully saturated rings. The normalized spacial score (nSPS) is 31.2. The summed E-state index contributed by atoms with van der Waals surface area (Å²) < 4.78 is 4.76. The Kier molecular flexibility index (Phi) is 8.19. The number of carbonyl (C=O) groups is 3. The maximum Gasteiger partial charge on any atom is 0.310 e. The zero-order valence-corrected chi connectivity index (χ0v) is 23.1. The van der Waals surface area contributed by atoms with Crippen molar-refractivity contribution in [1.82, 2.24) is 9.80 Å². The van der Waals surface area contributed by atoms with E-state index in [1.54, 1.807) is 29.7 Å². The highest BCUT2D eigenvalue weighted by molar-refractivity contribution is 8.02. The lowest BCUT2D eigenvalue weighted by Crippen LogP contribution is -2.59. The second-order valence-corrected chi connectivity index (χ2v) is 12.8. The molecule has 38 heavy (non-hydrogen) atoms. The minimum Gasteiger partial charge on any atom is -0.466 e. The molecule has 1 aromatic rings. The van der Waals surface area contributed by atoms with E-state index in [1.165, 1.54) is 6.42 Å². The molecule has 3 aliphatic heterocycles. The Bertz CT molecular complexity index is 1040. The zero-order valence-electron chi connectivity index (χ0n) is 22.3. The molecule has 1 N–H and O–H groups in total. The van der Waals surface area contributed by atoms with Gasteiger partial charge in [0.2, 0.25) is 11.8 Å². The first kappa shape index (κ1) is 27.3. The summed E-state index contributed by atoms with van der Waals surface area (Å²) in [5.41, 5.74) is 0.995. The smallest absolute Gasteiger partial charge is 0.310 e. The molecule has 3 saturated heterocycles. The Balaban J connectivity index is 1.56. The maximum atomic E-state index is 14.7. The monoisotopic (exact) mass is 540 g/mol. The summed E-state index contributed by atoms with van der Waals surface area (Å²) in [7, 11) is 0. The molecule has 5 rings (SSSR count). The second-order valence-electron chi connectivity index (χ2n) is 11.2. The summed E-state index contributed by atoms with van der Waals surface area (Å²) in [5, 5.41) is 10.6. The second kappa shape index (κ2) is 11.4. The van der Waals surface area contributed by atoms with Gasteiger partial charge >= 0.3 is 5.97 Å². The quantitative estimate of drug-likeness (QED) is 0.361. The van der Waals surface area contributed by atoms with Crippen molar-refractivity contribution in [3.8, 4) is 0 Å². The summed E-state index contributed by atoms with van der Waals surface area (Å²) in [6.45, 7) is 6.15. The maximum absolute atomic E-state index is 14.7. The standard InChI is InChI=1S/C30H40N2O5S/c1-3-17-31(21-13-9-6-10-14-21)28(35)26-30-16-15-23(38-30)24(29(36)37-4-2)25(30)27(34)32(26)22(19-33)18-20-11-7-5-8-12-20/h3,5,7-8,11-12,21-26,33H,1,4,6,9-10,13-19H2,2H3/t22-,23-,24+,25+,26?,30?/m1/s1. The average molecular weight is 541 g/mol. The summed E-state index contributed by atoms with van der Waals surface area (Å²) in [6.07, 6.45) is 8.95. The Labute approximate surface area is 230 Å². The molecule has 1 saturated carbocycles. The number of carbonyl (C=O) groups excluding carboxylic acids is 3. The minimum atomic E-state index is -0.725. The van der Waals surface area contributed by atoms with Gasteiger partial charge in [-0.25, -0.2) is 0 Å². The van der Waals surface area contributed by atoms with E-state index < -0.39 is 28.7 Å². The van der Waals surface area contributed by atoms with Crippen molar-refractivity contribution in [3.05, 3.63) is 48.6 Å². The molecule has 1 aromatic carbocycles. The van der Waals surface area contributed by atoms with Crippen LogP contribution in [0.15, 0.2) is 43.0 Å². The van der Waals surface area contributed by atoms with Crippen LogP contribution in [0.5, 0.6) is 0 Å². The van der Waals surface area contributed by atoms with Crippen LogP contribution in [0.4, 0.5) is 0 Å². The summed E-state index contributed by atoms with van der Waals surface area (Å²) >= 11 is 1.65. The van der Waals surface area contributed by atoms with Gasteiger partial charge in [-0.15, -0.1) is 18.3 Å². The van der Waals surface area contributed by atoms with Gasteiger partial charge in [0.1, 0.15) is 6.04 Å². The number of amides is 2. The van der Waals surface area contributed by atoms with E-state index in [9.17, 15) is 19.5 Å². The van der Waals surface area contributed by atoms with Crippen LogP contribution in [-0.4, -0.2) is 80.6 Å². The van der Waals surface area contributed by atoms with Gasteiger partial charge in [0.05, 0.1) is 35.8 Å². The van der Waals surface area contributed by atoms with Crippen molar-refractivity contribution in [3.63, 3.8) is 0 Å². The molecule has 206 valence electrons. The first-order valence-corrected chi connectivity index (χ1v) is 15.1. The number of thioether (sulfide) groups is 1. The summed E-state index contributed by atoms with van der Waals surface area (Å²) in [5.74, 6) is -1.75. The third kappa shape index (κ3) is 4.57. The SMILES string of the molecule is C=CCN(C(=O)C1N([C@@H](CO)Cc2ccccc2)C(=O)[C@@H]2[C@@H](C(=O)OCC)[C@H]3CCC12S3)C1CCCCC1. The minimum absolute atomic E-state index is 0.0234. The topological polar surface area (TPSA) is 87.2 Å². The van der Waals surface area contributed by atoms with Crippen LogP contribution in [0.2, 0.25) is 0 Å². The highest BCUT2D eigenvalue weighted by atomic mass is 32.2. The molecule has 1 aliphatic carbocycles. The van der Waals surface area contributed by atoms with E-state index in [0.717, 1.165) is 37.7 Å². The molecule has 1 spiro atoms. The Hall–Kier alpha value is -2.32. The van der Waals surface area contributed by atoms with Crippen molar-refractivity contribution >= 4 is 29.5 Å². The van der Waals surface area contributed by atoms with Crippen molar-refractivity contribution in [2.75, 3.05) is 19.8 Å². The predicted molar refractivity (Wildman–Crippen MR) is 147 cm³/mol. The Morgan fingerprint density at radius 1 is 1.24 bits per heavy atom. The number of esters is 1. The number of benzene rings is 1. The van der Waals surface area contributed by atoms with E-state index in [4.69, 9.17) is 4.74 Å². The lowest BCUT2D eigenvalue weighted by atomic mass is 9.71. The molecule has 2 amide bonds. The van der Waals surface area contributed by atoms with Gasteiger partial charge in [0, 0.05) is 17.8 Å². The summed E-state index contributed by atoms with van der Waals surface area (Å²) in [6, 6.07) is 8.61. The van der Waals surface area contributed by atoms with Crippen molar-refractivity contribution in [1.29, 1.82) is 0 Å². The number of fused-ring (bicyclic) bond motifs is 1. The zero-order chi connectivity index (χ0) is 26.9. The Morgan fingerprint density at radius 3 is 2.63 bits per heavy atom. The summed E-state index contributed by atoms with van der Waals surface area (Å²) in [4.78, 5) is 45.8. The van der Waals surface area contributed by atoms with Crippen LogP contribution < -0.4 is 0 Å². The fraction of sp³-hybridized carbons (Fsp3) is 0.633. The number of ether oxygens (including phenoxy) is 1. The van der Waals surface area contributed by atoms with Gasteiger partial charge in [-0.1, -0.05) is 55.7 Å². The molecule has 8 heteroatoms. The molecule has 2 unspecified atom stereocenters. The molecule has 0 radical (unpaired) electrons. The number of hydrogen-bond acceptors (Lipinski definition) is 6. The van der Waals surface area contributed by atoms with Crippen LogP contribution in [-0.2, 0) is 25.5 Å². The predicted octanol–water partition coefficient (Wildman–Crippen LogP) is 3.59.